The zero-order valence-corrected chi connectivity index (χ0v) is 17.4. The summed E-state index contributed by atoms with van der Waals surface area (Å²) in [7, 11) is 3.76. The van der Waals surface area contributed by atoms with E-state index < -0.39 is 0 Å². The average molecular weight is 452 g/mol. The summed E-state index contributed by atoms with van der Waals surface area (Å²) in [6.07, 6.45) is 5.81. The maximum atomic E-state index is 12.6. The molecule has 0 amide bonds. The smallest absolute Gasteiger partial charge is 0.245 e. The molecule has 0 spiro atoms. The Hall–Kier alpha value is -1.59. The van der Waals surface area contributed by atoms with E-state index in [1.807, 2.05) is 67.7 Å². The van der Waals surface area contributed by atoms with E-state index in [9.17, 15) is 4.79 Å². The van der Waals surface area contributed by atoms with Gasteiger partial charge < -0.3 is 4.90 Å². The molecule has 6 heteroatoms. The highest BCUT2D eigenvalue weighted by atomic mass is 79.9. The number of halogens is 3. The van der Waals surface area contributed by atoms with E-state index in [-0.39, 0.29) is 5.91 Å². The minimum absolute atomic E-state index is 0.0245. The Morgan fingerprint density at radius 1 is 1.12 bits per heavy atom. The van der Waals surface area contributed by atoms with Crippen molar-refractivity contribution >= 4 is 68.1 Å². The van der Waals surface area contributed by atoms with E-state index in [1.54, 1.807) is 10.6 Å². The molecule has 0 atom stereocenters. The van der Waals surface area contributed by atoms with Crippen molar-refractivity contribution in [1.82, 2.24) is 9.47 Å². The molecular weight excluding hydrogens is 435 g/mol. The largest absolute Gasteiger partial charge is 0.301 e. The van der Waals surface area contributed by atoms with Gasteiger partial charge in [0.2, 0.25) is 5.91 Å². The van der Waals surface area contributed by atoms with Crippen LogP contribution in [0.1, 0.15) is 15.9 Å². The molecule has 2 aromatic carbocycles. The molecule has 3 nitrogen and oxygen atoms in total. The Kier molecular flexibility index (Phi) is 5.88. The van der Waals surface area contributed by atoms with E-state index in [0.29, 0.717) is 16.6 Å². The Morgan fingerprint density at radius 3 is 2.58 bits per heavy atom. The van der Waals surface area contributed by atoms with Gasteiger partial charge in [0.25, 0.3) is 0 Å². The maximum Gasteiger partial charge on any atom is 0.245 e. The van der Waals surface area contributed by atoms with Crippen molar-refractivity contribution in [3.05, 3.63) is 68.2 Å². The number of nitrogens with zero attached hydrogens (tertiary/aromatic N) is 2. The monoisotopic (exact) mass is 450 g/mol. The lowest BCUT2D eigenvalue weighted by molar-refractivity contribution is 0.0882. The highest BCUT2D eigenvalue weighted by Gasteiger charge is 2.13. The van der Waals surface area contributed by atoms with Gasteiger partial charge in [-0.3, -0.25) is 9.36 Å². The third-order valence-corrected chi connectivity index (χ3v) is 5.15. The Morgan fingerprint density at radius 2 is 1.88 bits per heavy atom. The van der Waals surface area contributed by atoms with Crippen LogP contribution in [-0.2, 0) is 0 Å². The third-order valence-electron chi connectivity index (χ3n) is 3.92. The van der Waals surface area contributed by atoms with Crippen LogP contribution in [0.2, 0.25) is 10.0 Å². The molecule has 1 aromatic heterocycles. The summed E-state index contributed by atoms with van der Waals surface area (Å²) in [5.74, 6) is 0.0245. The highest BCUT2D eigenvalue weighted by molar-refractivity contribution is 9.10. The summed E-state index contributed by atoms with van der Waals surface area (Å²) < 4.78 is 2.67. The van der Waals surface area contributed by atoms with Crippen LogP contribution in [0.3, 0.4) is 0 Å². The maximum absolute atomic E-state index is 12.6. The number of carbonyl (C=O) groups is 1. The first-order valence-corrected chi connectivity index (χ1v) is 9.52. The number of hydrogen-bond donors (Lipinski definition) is 0. The van der Waals surface area contributed by atoms with E-state index >= 15 is 0 Å². The average Bonchev–Trinajstić information content (AvgIpc) is 2.93. The van der Waals surface area contributed by atoms with Gasteiger partial charge >= 0.3 is 0 Å². The lowest BCUT2D eigenvalue weighted by Gasteiger charge is -2.09. The fraction of sp³-hybridized carbons (Fsp3) is 0.150. The summed E-state index contributed by atoms with van der Waals surface area (Å²) >= 11 is 15.6. The molecular formula is C20H17BrCl2N2O. The van der Waals surface area contributed by atoms with Crippen molar-refractivity contribution in [2.75, 3.05) is 20.6 Å². The first-order chi connectivity index (χ1) is 12.3. The SMILES string of the molecule is CN(C)CC(=O)n1cc(/C=C/c2ccc(Cl)c(Cl)c2)c2cc(Br)ccc21. The van der Waals surface area contributed by atoms with Gasteiger partial charge in [-0.25, -0.2) is 0 Å². The summed E-state index contributed by atoms with van der Waals surface area (Å²) in [6.45, 7) is 0.343. The van der Waals surface area contributed by atoms with Gasteiger partial charge in [0, 0.05) is 21.6 Å². The van der Waals surface area contributed by atoms with Gasteiger partial charge in [-0.1, -0.05) is 57.4 Å². The molecule has 0 radical (unpaired) electrons. The van der Waals surface area contributed by atoms with Crippen molar-refractivity contribution in [2.24, 2.45) is 0 Å². The zero-order valence-electron chi connectivity index (χ0n) is 14.3. The predicted molar refractivity (Wildman–Crippen MR) is 114 cm³/mol. The normalized spacial score (nSPS) is 11.8. The van der Waals surface area contributed by atoms with Crippen LogP contribution < -0.4 is 0 Å². The van der Waals surface area contributed by atoms with Gasteiger partial charge in [0.1, 0.15) is 0 Å². The lowest BCUT2D eigenvalue weighted by Crippen LogP contribution is -2.25. The van der Waals surface area contributed by atoms with E-state index in [2.05, 4.69) is 15.9 Å². The second-order valence-electron chi connectivity index (χ2n) is 6.25. The van der Waals surface area contributed by atoms with Crippen molar-refractivity contribution in [3.63, 3.8) is 0 Å². The minimum atomic E-state index is 0.0245. The molecule has 0 saturated carbocycles. The number of likely N-dealkylation sites (N-methyl/N-ethyl adjacent to an activating group) is 1. The zero-order chi connectivity index (χ0) is 18.8. The Balaban J connectivity index is 2.04. The first kappa shape index (κ1) is 19.2. The van der Waals surface area contributed by atoms with Crippen molar-refractivity contribution < 1.29 is 4.79 Å². The van der Waals surface area contributed by atoms with Crippen LogP contribution in [0.25, 0.3) is 23.1 Å². The molecule has 0 aliphatic rings. The minimum Gasteiger partial charge on any atom is -0.301 e. The fourth-order valence-corrected chi connectivity index (χ4v) is 3.38. The van der Waals surface area contributed by atoms with Crippen molar-refractivity contribution in [3.8, 4) is 0 Å². The predicted octanol–water partition coefficient (Wildman–Crippen LogP) is 6.08. The summed E-state index contributed by atoms with van der Waals surface area (Å²) in [5, 5.41) is 2.04. The quantitative estimate of drug-likeness (QED) is 0.480. The molecule has 3 rings (SSSR count). The molecule has 0 aliphatic heterocycles. The summed E-state index contributed by atoms with van der Waals surface area (Å²) in [4.78, 5) is 14.4. The number of aromatic nitrogens is 1. The lowest BCUT2D eigenvalue weighted by atomic mass is 10.1. The third kappa shape index (κ3) is 4.21. The molecule has 0 aliphatic carbocycles. The second kappa shape index (κ2) is 7.97. The van der Waals surface area contributed by atoms with Crippen LogP contribution >= 0.6 is 39.1 Å². The van der Waals surface area contributed by atoms with Crippen molar-refractivity contribution in [1.29, 1.82) is 0 Å². The molecule has 0 N–H and O–H groups in total. The molecule has 0 fully saturated rings. The van der Waals surface area contributed by atoms with Crippen LogP contribution in [0, 0.1) is 0 Å². The topological polar surface area (TPSA) is 25.2 Å². The summed E-state index contributed by atoms with van der Waals surface area (Å²) in [5.41, 5.74) is 2.78. The molecule has 134 valence electrons. The van der Waals surface area contributed by atoms with Crippen LogP contribution in [-0.4, -0.2) is 36.0 Å². The molecule has 26 heavy (non-hydrogen) atoms. The number of carbonyl (C=O) groups excluding carboxylic acids is 1. The number of rotatable bonds is 4. The number of hydrogen-bond acceptors (Lipinski definition) is 2. The standard InChI is InChI=1S/C20H17BrCl2N2O/c1-24(2)12-20(26)25-11-14(16-10-15(21)6-8-19(16)25)5-3-13-4-7-17(22)18(23)9-13/h3-11H,12H2,1-2H3/b5-3+. The number of fused-ring (bicyclic) bond motifs is 1. The Labute approximate surface area is 170 Å². The van der Waals surface area contributed by atoms with Crippen LogP contribution in [0.5, 0.6) is 0 Å². The molecule has 0 bridgehead atoms. The first-order valence-electron chi connectivity index (χ1n) is 7.97. The van der Waals surface area contributed by atoms with Gasteiger partial charge in [0.05, 0.1) is 22.1 Å². The van der Waals surface area contributed by atoms with Gasteiger partial charge in [0.15, 0.2) is 0 Å². The molecule has 3 aromatic rings. The van der Waals surface area contributed by atoms with E-state index in [1.165, 1.54) is 0 Å². The van der Waals surface area contributed by atoms with Gasteiger partial charge in [-0.15, -0.1) is 0 Å². The second-order valence-corrected chi connectivity index (χ2v) is 7.98. The van der Waals surface area contributed by atoms with Crippen LogP contribution in [0.4, 0.5) is 0 Å². The molecule has 0 saturated heterocycles. The van der Waals surface area contributed by atoms with Gasteiger partial charge in [-0.2, -0.15) is 0 Å². The number of benzene rings is 2. The Bertz CT molecular complexity index is 1010. The highest BCUT2D eigenvalue weighted by Crippen LogP contribution is 2.28. The van der Waals surface area contributed by atoms with E-state index in [0.717, 1.165) is 26.5 Å². The summed E-state index contributed by atoms with van der Waals surface area (Å²) in [6, 6.07) is 11.4. The van der Waals surface area contributed by atoms with E-state index in [4.69, 9.17) is 23.2 Å². The van der Waals surface area contributed by atoms with Crippen molar-refractivity contribution in [2.45, 2.75) is 0 Å². The fourth-order valence-electron chi connectivity index (χ4n) is 2.72. The van der Waals surface area contributed by atoms with Crippen LogP contribution in [0.15, 0.2) is 47.1 Å². The molecule has 0 unspecified atom stereocenters. The molecule has 1 heterocycles. The van der Waals surface area contributed by atoms with Gasteiger partial charge in [-0.05, 0) is 50.0 Å².